The molecule has 2 N–H and O–H groups in total. The lowest BCUT2D eigenvalue weighted by Gasteiger charge is -2.19. The van der Waals surface area contributed by atoms with Crippen molar-refractivity contribution in [2.24, 2.45) is 0 Å². The van der Waals surface area contributed by atoms with Gasteiger partial charge in [-0.1, -0.05) is 36.4 Å². The van der Waals surface area contributed by atoms with E-state index in [0.717, 1.165) is 12.1 Å². The number of rotatable bonds is 5. The molecule has 0 saturated carbocycles. The number of anilines is 1. The van der Waals surface area contributed by atoms with Crippen molar-refractivity contribution in [3.63, 3.8) is 0 Å². The second kappa shape index (κ2) is 6.70. The number of aliphatic hydroxyl groups is 1. The van der Waals surface area contributed by atoms with E-state index in [4.69, 9.17) is 0 Å². The number of hydrogen-bond acceptors (Lipinski definition) is 2. The minimum atomic E-state index is -0.410. The van der Waals surface area contributed by atoms with Crippen LogP contribution in [-0.2, 0) is 19.4 Å². The molecule has 1 aromatic heterocycles. The quantitative estimate of drug-likeness (QED) is 0.746. The molecule has 1 aliphatic carbocycles. The number of aromatic nitrogens is 1. The van der Waals surface area contributed by atoms with Gasteiger partial charge in [-0.15, -0.1) is 0 Å². The Bertz CT molecular complexity index is 822. The second-order valence-corrected chi connectivity index (χ2v) is 6.66. The Morgan fingerprint density at radius 1 is 0.958 bits per heavy atom. The molecule has 0 amide bonds. The van der Waals surface area contributed by atoms with Gasteiger partial charge in [-0.25, -0.2) is 0 Å². The van der Waals surface area contributed by atoms with Crippen molar-refractivity contribution in [3.8, 4) is 0 Å². The molecule has 24 heavy (non-hydrogen) atoms. The molecule has 0 fully saturated rings. The summed E-state index contributed by atoms with van der Waals surface area (Å²) in [6, 6.07) is 18.7. The number of fused-ring (bicyclic) bond motifs is 3. The highest BCUT2D eigenvalue weighted by molar-refractivity contribution is 5.85. The minimum Gasteiger partial charge on any atom is -0.389 e. The maximum atomic E-state index is 10.6. The molecule has 1 atom stereocenters. The van der Waals surface area contributed by atoms with Gasteiger partial charge in [0, 0.05) is 28.8 Å². The predicted molar refractivity (Wildman–Crippen MR) is 99.5 cm³/mol. The molecular formula is C21H24N2O. The Morgan fingerprint density at radius 3 is 2.58 bits per heavy atom. The number of aliphatic hydroxyl groups excluding tert-OH is 1. The van der Waals surface area contributed by atoms with Crippen molar-refractivity contribution < 1.29 is 5.11 Å². The van der Waals surface area contributed by atoms with Crippen LogP contribution in [0.15, 0.2) is 54.6 Å². The number of para-hydroxylation sites is 2. The van der Waals surface area contributed by atoms with E-state index in [2.05, 4.69) is 34.1 Å². The van der Waals surface area contributed by atoms with Crippen molar-refractivity contribution in [2.45, 2.75) is 38.3 Å². The molecule has 4 rings (SSSR count). The third-order valence-corrected chi connectivity index (χ3v) is 4.99. The molecule has 124 valence electrons. The third kappa shape index (κ3) is 2.92. The van der Waals surface area contributed by atoms with Gasteiger partial charge < -0.3 is 15.0 Å². The topological polar surface area (TPSA) is 37.2 Å². The van der Waals surface area contributed by atoms with E-state index >= 15 is 0 Å². The Morgan fingerprint density at radius 2 is 1.71 bits per heavy atom. The van der Waals surface area contributed by atoms with Gasteiger partial charge in [-0.2, -0.15) is 0 Å². The number of nitrogens with zero attached hydrogens (tertiary/aromatic N) is 1. The van der Waals surface area contributed by atoms with Crippen molar-refractivity contribution in [1.82, 2.24) is 4.57 Å². The van der Waals surface area contributed by atoms with Gasteiger partial charge in [0.05, 0.1) is 12.6 Å². The van der Waals surface area contributed by atoms with Crippen LogP contribution in [0.25, 0.3) is 10.9 Å². The summed E-state index contributed by atoms with van der Waals surface area (Å²) in [5.41, 5.74) is 5.25. The van der Waals surface area contributed by atoms with E-state index < -0.39 is 6.10 Å². The van der Waals surface area contributed by atoms with Gasteiger partial charge in [0.15, 0.2) is 0 Å². The Hall–Kier alpha value is -2.26. The van der Waals surface area contributed by atoms with E-state index in [-0.39, 0.29) is 0 Å². The number of hydrogen-bond donors (Lipinski definition) is 2. The van der Waals surface area contributed by atoms with Gasteiger partial charge in [-0.05, 0) is 49.4 Å². The molecule has 1 heterocycles. The van der Waals surface area contributed by atoms with Crippen LogP contribution >= 0.6 is 0 Å². The fourth-order valence-electron chi connectivity index (χ4n) is 3.86. The van der Waals surface area contributed by atoms with Gasteiger partial charge in [-0.3, -0.25) is 0 Å². The van der Waals surface area contributed by atoms with Gasteiger partial charge in [0.25, 0.3) is 0 Å². The van der Waals surface area contributed by atoms with Crippen molar-refractivity contribution in [3.05, 3.63) is 65.9 Å². The fourth-order valence-corrected chi connectivity index (χ4v) is 3.86. The average molecular weight is 320 g/mol. The first-order valence-corrected chi connectivity index (χ1v) is 8.89. The second-order valence-electron chi connectivity index (χ2n) is 6.66. The molecule has 3 heteroatoms. The Balaban J connectivity index is 1.55. The van der Waals surface area contributed by atoms with Crippen LogP contribution in [0.5, 0.6) is 0 Å². The smallest absolute Gasteiger partial charge is 0.0891 e. The largest absolute Gasteiger partial charge is 0.389 e. The molecule has 3 aromatic rings. The number of benzene rings is 2. The van der Waals surface area contributed by atoms with Crippen LogP contribution in [-0.4, -0.2) is 22.3 Å². The normalized spacial score (nSPS) is 15.2. The summed E-state index contributed by atoms with van der Waals surface area (Å²) in [4.78, 5) is 0. The third-order valence-electron chi connectivity index (χ3n) is 4.99. The number of nitrogens with one attached hydrogen (secondary N) is 1. The Kier molecular flexibility index (Phi) is 4.26. The van der Waals surface area contributed by atoms with Gasteiger partial charge >= 0.3 is 0 Å². The highest BCUT2D eigenvalue weighted by Crippen LogP contribution is 2.32. The van der Waals surface area contributed by atoms with Crippen LogP contribution in [0.4, 0.5) is 5.69 Å². The van der Waals surface area contributed by atoms with Crippen LogP contribution in [0.1, 0.15) is 24.1 Å². The first kappa shape index (κ1) is 15.3. The lowest BCUT2D eigenvalue weighted by atomic mass is 9.95. The molecule has 1 aliphatic rings. The molecular weight excluding hydrogens is 296 g/mol. The lowest BCUT2D eigenvalue weighted by molar-refractivity contribution is 0.167. The lowest BCUT2D eigenvalue weighted by Crippen LogP contribution is -2.26. The maximum absolute atomic E-state index is 10.6. The number of aryl methyl sites for hydroxylation is 1. The van der Waals surface area contributed by atoms with E-state index in [1.807, 2.05) is 30.3 Å². The summed E-state index contributed by atoms with van der Waals surface area (Å²) in [5.74, 6) is 0. The van der Waals surface area contributed by atoms with Crippen LogP contribution in [0.2, 0.25) is 0 Å². The molecule has 0 saturated heterocycles. The maximum Gasteiger partial charge on any atom is 0.0891 e. The molecule has 3 nitrogen and oxygen atoms in total. The van der Waals surface area contributed by atoms with E-state index in [9.17, 15) is 5.11 Å². The molecule has 0 spiro atoms. The highest BCUT2D eigenvalue weighted by Gasteiger charge is 2.20. The summed E-state index contributed by atoms with van der Waals surface area (Å²) < 4.78 is 2.35. The van der Waals surface area contributed by atoms with Crippen LogP contribution < -0.4 is 5.32 Å². The first-order valence-electron chi connectivity index (χ1n) is 8.89. The van der Waals surface area contributed by atoms with E-state index in [1.54, 1.807) is 0 Å². The van der Waals surface area contributed by atoms with Gasteiger partial charge in [0.1, 0.15) is 0 Å². The predicted octanol–water partition coefficient (Wildman–Crippen LogP) is 3.99. The SMILES string of the molecule is OC(CNc1ccccc1)Cn1c2c(c3ccccc31)CCCC2. The van der Waals surface area contributed by atoms with Crippen LogP contribution in [0.3, 0.4) is 0 Å². The summed E-state index contributed by atoms with van der Waals surface area (Å²) in [5, 5.41) is 15.3. The van der Waals surface area contributed by atoms with E-state index in [1.165, 1.54) is 41.4 Å². The van der Waals surface area contributed by atoms with E-state index in [0.29, 0.717) is 13.1 Å². The highest BCUT2D eigenvalue weighted by atomic mass is 16.3. The standard InChI is InChI=1S/C21H24N2O/c24-17(14-22-16-8-2-1-3-9-16)15-23-20-12-6-4-10-18(20)19-11-5-7-13-21(19)23/h1-4,6,8-10,12,17,22,24H,5,7,11,13-15H2. The summed E-state index contributed by atoms with van der Waals surface area (Å²) in [6.45, 7) is 1.21. The summed E-state index contributed by atoms with van der Waals surface area (Å²) in [6.07, 6.45) is 4.41. The van der Waals surface area contributed by atoms with Crippen molar-refractivity contribution in [1.29, 1.82) is 0 Å². The first-order chi connectivity index (χ1) is 11.8. The average Bonchev–Trinajstić information content (AvgIpc) is 2.95. The summed E-state index contributed by atoms with van der Waals surface area (Å²) in [7, 11) is 0. The molecule has 0 radical (unpaired) electrons. The zero-order chi connectivity index (χ0) is 16.4. The molecule has 2 aromatic carbocycles. The zero-order valence-electron chi connectivity index (χ0n) is 13.9. The molecule has 1 unspecified atom stereocenters. The molecule has 0 bridgehead atoms. The monoisotopic (exact) mass is 320 g/mol. The van der Waals surface area contributed by atoms with Crippen molar-refractivity contribution >= 4 is 16.6 Å². The zero-order valence-corrected chi connectivity index (χ0v) is 13.9. The fraction of sp³-hybridized carbons (Fsp3) is 0.333. The summed E-state index contributed by atoms with van der Waals surface area (Å²) >= 11 is 0. The molecule has 0 aliphatic heterocycles. The van der Waals surface area contributed by atoms with Crippen LogP contribution in [0, 0.1) is 0 Å². The van der Waals surface area contributed by atoms with Crippen molar-refractivity contribution in [2.75, 3.05) is 11.9 Å². The van der Waals surface area contributed by atoms with Gasteiger partial charge in [0.2, 0.25) is 0 Å². The minimum absolute atomic E-state index is 0.410. The Labute approximate surface area is 142 Å².